The van der Waals surface area contributed by atoms with Gasteiger partial charge in [-0.15, -0.1) is 0 Å². The Morgan fingerprint density at radius 2 is 1.61 bits per heavy atom. The van der Waals surface area contributed by atoms with Gasteiger partial charge in [-0.25, -0.2) is 0 Å². The van der Waals surface area contributed by atoms with Gasteiger partial charge in [-0.2, -0.15) is 0 Å². The Bertz CT molecular complexity index is 1380. The third-order valence-electron chi connectivity index (χ3n) is 12.1. The molecule has 1 heterocycles. The average Bonchev–Trinajstić information content (AvgIpc) is 3.62. The average molecular weight is 757 g/mol. The number of carbonyl (C=O) groups excluding carboxylic acids is 4. The normalized spacial score (nSPS) is 18.9. The maximum atomic E-state index is 14.3. The molecule has 0 aliphatic carbocycles. The van der Waals surface area contributed by atoms with Crippen LogP contribution in [0.1, 0.15) is 100.0 Å². The molecule has 306 valence electrons. The molecule has 1 aromatic rings. The first-order valence-corrected chi connectivity index (χ1v) is 19.8. The van der Waals surface area contributed by atoms with Crippen molar-refractivity contribution in [2.75, 3.05) is 34.9 Å². The molecule has 2 rings (SSSR count). The van der Waals surface area contributed by atoms with E-state index in [1.165, 1.54) is 0 Å². The number of rotatable bonds is 22. The maximum Gasteiger partial charge on any atom is 0.226 e. The van der Waals surface area contributed by atoms with Gasteiger partial charge in [0.15, 0.2) is 5.78 Å². The van der Waals surface area contributed by atoms with Crippen LogP contribution in [0.3, 0.4) is 0 Å². The first-order chi connectivity index (χ1) is 25.2. The van der Waals surface area contributed by atoms with Crippen LogP contribution in [-0.4, -0.2) is 120 Å². The highest BCUT2D eigenvalue weighted by Gasteiger charge is 2.44. The molecule has 3 amide bonds. The number of amides is 3. The largest absolute Gasteiger partial charge is 0.511 e. The second kappa shape index (κ2) is 21.1. The monoisotopic (exact) mass is 757 g/mol. The zero-order valence-corrected chi connectivity index (χ0v) is 35.6. The fraction of sp³-hybridized carbons (Fsp3) is 0.721. The van der Waals surface area contributed by atoms with Crippen LogP contribution < -0.4 is 5.32 Å². The zero-order chi connectivity index (χ0) is 41.1. The van der Waals surface area contributed by atoms with E-state index in [4.69, 9.17) is 9.47 Å². The van der Waals surface area contributed by atoms with Crippen LogP contribution in [0.25, 0.3) is 0 Å². The molecule has 54 heavy (non-hydrogen) atoms. The van der Waals surface area contributed by atoms with Gasteiger partial charge in [-0.3, -0.25) is 24.1 Å². The Hall–Kier alpha value is -3.28. The minimum Gasteiger partial charge on any atom is -0.511 e. The summed E-state index contributed by atoms with van der Waals surface area (Å²) < 4.78 is 12.0. The number of methoxy groups -OCH3 is 2. The van der Waals surface area contributed by atoms with E-state index in [9.17, 15) is 24.3 Å². The molecule has 0 saturated carbocycles. The predicted molar refractivity (Wildman–Crippen MR) is 215 cm³/mol. The molecule has 1 saturated heterocycles. The van der Waals surface area contributed by atoms with Gasteiger partial charge in [0.05, 0.1) is 48.2 Å². The van der Waals surface area contributed by atoms with Crippen LogP contribution in [0.15, 0.2) is 42.7 Å². The number of Topliss-reactive ketones (excluding diaryl/α,β-unsaturated/α-hetero) is 1. The molecular formula is C43H72N4O7. The van der Waals surface area contributed by atoms with Crippen molar-refractivity contribution in [2.45, 2.75) is 143 Å². The Morgan fingerprint density at radius 1 is 1.00 bits per heavy atom. The summed E-state index contributed by atoms with van der Waals surface area (Å²) >= 11 is 0. The number of ether oxygens (including phenoxy) is 2. The Balaban J connectivity index is 2.28. The summed E-state index contributed by atoms with van der Waals surface area (Å²) in [7, 11) is 6.84. The Morgan fingerprint density at radius 3 is 2.11 bits per heavy atom. The summed E-state index contributed by atoms with van der Waals surface area (Å²) in [6, 6.07) is 8.27. The summed E-state index contributed by atoms with van der Waals surface area (Å²) in [4.78, 5) is 61.5. The van der Waals surface area contributed by atoms with Gasteiger partial charge in [0.25, 0.3) is 0 Å². The standard InChI is InChI=1S/C43H72N4O7/c1-15-29(6)39(45(11)42(52)33(27(2)3)25-37(49)43(9,10)46(12)28(4)5)36(53-13)26-38(50)47-23-19-22-35(47)40(54-14)30(7)41(51)44-34(31(8)48)24-32-20-17-16-18-21-32/h16-18,20-21,27-30,33-36,39-40,48H,8,15,19,22-26H2,1-7,9-14H3,(H,44,51)/t29-,30+,33?,34-,35-,36+,39-,40+/m0/s1. The lowest BCUT2D eigenvalue weighted by Crippen LogP contribution is -2.55. The molecule has 0 bridgehead atoms. The summed E-state index contributed by atoms with van der Waals surface area (Å²) in [6.07, 6.45) is 1.51. The number of hydrogen-bond acceptors (Lipinski definition) is 8. The maximum absolute atomic E-state index is 14.3. The van der Waals surface area contributed by atoms with Gasteiger partial charge in [-0.05, 0) is 71.4 Å². The van der Waals surface area contributed by atoms with Crippen LogP contribution in [0, 0.1) is 23.7 Å². The summed E-state index contributed by atoms with van der Waals surface area (Å²) in [6.45, 7) is 22.0. The van der Waals surface area contributed by atoms with E-state index in [1.807, 2.05) is 83.8 Å². The first-order valence-electron chi connectivity index (χ1n) is 19.8. The number of benzene rings is 1. The van der Waals surface area contributed by atoms with E-state index in [0.717, 1.165) is 18.4 Å². The molecule has 0 aromatic heterocycles. The van der Waals surface area contributed by atoms with Crippen molar-refractivity contribution in [2.24, 2.45) is 23.7 Å². The highest BCUT2D eigenvalue weighted by atomic mass is 16.5. The van der Waals surface area contributed by atoms with Crippen molar-refractivity contribution >= 4 is 23.5 Å². The summed E-state index contributed by atoms with van der Waals surface area (Å²) in [5, 5.41) is 13.3. The van der Waals surface area contributed by atoms with Crippen molar-refractivity contribution < 1.29 is 33.8 Å². The van der Waals surface area contributed by atoms with E-state index in [0.29, 0.717) is 19.4 Å². The highest BCUT2D eigenvalue weighted by Crippen LogP contribution is 2.31. The predicted octanol–water partition coefficient (Wildman–Crippen LogP) is 6.06. The second-order valence-corrected chi connectivity index (χ2v) is 16.6. The van der Waals surface area contributed by atoms with Crippen molar-refractivity contribution in [3.8, 4) is 0 Å². The van der Waals surface area contributed by atoms with Gasteiger partial charge in [0.2, 0.25) is 17.7 Å². The van der Waals surface area contributed by atoms with Crippen LogP contribution in [0.2, 0.25) is 0 Å². The van der Waals surface area contributed by atoms with Crippen molar-refractivity contribution in [1.29, 1.82) is 0 Å². The van der Waals surface area contributed by atoms with Gasteiger partial charge >= 0.3 is 0 Å². The van der Waals surface area contributed by atoms with E-state index in [1.54, 1.807) is 38.0 Å². The summed E-state index contributed by atoms with van der Waals surface area (Å²) in [5.41, 5.74) is 0.211. The first kappa shape index (κ1) is 46.9. The van der Waals surface area contributed by atoms with Gasteiger partial charge in [-0.1, -0.05) is 78.0 Å². The SMILES string of the molecule is C=C(O)[C@H](Cc1ccccc1)NC(=O)[C@H](C)[C@@H](OC)[C@@H]1CCCN1C(=O)C[C@@H](OC)[C@H]([C@@H](C)CC)N(C)C(=O)C(CC(=O)C(C)(C)N(C)C(C)C)C(C)C. The van der Waals surface area contributed by atoms with Crippen LogP contribution >= 0.6 is 0 Å². The van der Waals surface area contributed by atoms with Gasteiger partial charge in [0, 0.05) is 46.2 Å². The van der Waals surface area contributed by atoms with E-state index in [2.05, 4.69) is 25.7 Å². The molecule has 1 fully saturated rings. The van der Waals surface area contributed by atoms with E-state index >= 15 is 0 Å². The minimum absolute atomic E-state index is 0.00125. The summed E-state index contributed by atoms with van der Waals surface area (Å²) in [5.74, 6) is -1.93. The lowest BCUT2D eigenvalue weighted by molar-refractivity contribution is -0.149. The Labute approximate surface area is 326 Å². The number of nitrogens with zero attached hydrogens (tertiary/aromatic N) is 3. The number of nitrogens with one attached hydrogen (secondary N) is 1. The number of aliphatic hydroxyl groups excluding tert-OH is 1. The molecule has 1 aromatic carbocycles. The van der Waals surface area contributed by atoms with Crippen LogP contribution in [-0.2, 0) is 35.1 Å². The van der Waals surface area contributed by atoms with Gasteiger partial charge < -0.3 is 29.7 Å². The van der Waals surface area contributed by atoms with Crippen LogP contribution in [0.4, 0.5) is 0 Å². The number of carbonyl (C=O) groups is 4. The molecule has 1 unspecified atom stereocenters. The van der Waals surface area contributed by atoms with Crippen molar-refractivity contribution in [3.63, 3.8) is 0 Å². The molecule has 1 aliphatic heterocycles. The number of aliphatic hydroxyl groups is 1. The molecule has 1 aliphatic rings. The van der Waals surface area contributed by atoms with E-state index in [-0.39, 0.29) is 66.0 Å². The Kier molecular flexibility index (Phi) is 18.3. The highest BCUT2D eigenvalue weighted by molar-refractivity contribution is 5.92. The molecule has 11 heteroatoms. The fourth-order valence-corrected chi connectivity index (χ4v) is 7.87. The van der Waals surface area contributed by atoms with Crippen LogP contribution in [0.5, 0.6) is 0 Å². The second-order valence-electron chi connectivity index (χ2n) is 16.6. The topological polar surface area (TPSA) is 129 Å². The molecular weight excluding hydrogens is 684 g/mol. The number of likely N-dealkylation sites (N-methyl/N-ethyl adjacent to an activating group) is 2. The zero-order valence-electron chi connectivity index (χ0n) is 35.6. The molecule has 0 radical (unpaired) electrons. The molecule has 2 N–H and O–H groups in total. The lowest BCUT2D eigenvalue weighted by atomic mass is 9.82. The number of ketones is 1. The lowest BCUT2D eigenvalue weighted by Gasteiger charge is -2.41. The van der Waals surface area contributed by atoms with Crippen molar-refractivity contribution in [3.05, 3.63) is 48.2 Å². The van der Waals surface area contributed by atoms with Gasteiger partial charge in [0.1, 0.15) is 5.76 Å². The quantitative estimate of drug-likeness (QED) is 0.137. The molecule has 8 atom stereocenters. The minimum atomic E-state index is -0.737. The fourth-order valence-electron chi connectivity index (χ4n) is 7.87. The number of hydrogen-bond donors (Lipinski definition) is 2. The van der Waals surface area contributed by atoms with Crippen molar-refractivity contribution in [1.82, 2.24) is 20.0 Å². The molecule has 11 nitrogen and oxygen atoms in total. The number of likely N-dealkylation sites (tertiary alicyclic amines) is 1. The molecule has 0 spiro atoms. The smallest absolute Gasteiger partial charge is 0.226 e. The van der Waals surface area contributed by atoms with E-state index < -0.39 is 41.7 Å². The third kappa shape index (κ3) is 11.9. The third-order valence-corrected chi connectivity index (χ3v) is 12.1.